The highest BCUT2D eigenvalue weighted by molar-refractivity contribution is 7.92. The molecule has 0 spiro atoms. The third-order valence-corrected chi connectivity index (χ3v) is 3.58. The standard InChI is InChI=1S/C11H17NO3S/c1-5-16(13,14)12-11-9(3)6-8(2)7-10(11)15-4/h6-7,12H,5H2,1-4H3. The molecule has 0 aliphatic rings. The Bertz CT molecular complexity index is 480. The molecule has 0 radical (unpaired) electrons. The van der Waals surface area contributed by atoms with Gasteiger partial charge in [0.2, 0.25) is 10.0 Å². The number of aryl methyl sites for hydroxylation is 2. The van der Waals surface area contributed by atoms with Gasteiger partial charge in [-0.15, -0.1) is 0 Å². The summed E-state index contributed by atoms with van der Waals surface area (Å²) >= 11 is 0. The van der Waals surface area contributed by atoms with E-state index in [9.17, 15) is 8.42 Å². The molecule has 1 rings (SSSR count). The number of ether oxygens (including phenoxy) is 1. The molecule has 5 heteroatoms. The Morgan fingerprint density at radius 1 is 1.31 bits per heavy atom. The first-order chi connectivity index (χ1) is 7.39. The Morgan fingerprint density at radius 2 is 1.94 bits per heavy atom. The summed E-state index contributed by atoms with van der Waals surface area (Å²) < 4.78 is 30.7. The van der Waals surface area contributed by atoms with Crippen LogP contribution in [0, 0.1) is 13.8 Å². The molecule has 0 unspecified atom stereocenters. The average Bonchev–Trinajstić information content (AvgIpc) is 2.21. The largest absolute Gasteiger partial charge is 0.495 e. The number of benzene rings is 1. The summed E-state index contributed by atoms with van der Waals surface area (Å²) in [5.41, 5.74) is 2.41. The summed E-state index contributed by atoms with van der Waals surface area (Å²) in [5, 5.41) is 0. The van der Waals surface area contributed by atoms with Crippen LogP contribution in [0.15, 0.2) is 12.1 Å². The molecule has 4 nitrogen and oxygen atoms in total. The first-order valence-electron chi connectivity index (χ1n) is 5.05. The second-order valence-corrected chi connectivity index (χ2v) is 5.68. The minimum atomic E-state index is -3.27. The minimum Gasteiger partial charge on any atom is -0.495 e. The molecule has 0 amide bonds. The zero-order valence-corrected chi connectivity index (χ0v) is 10.8. The van der Waals surface area contributed by atoms with Crippen molar-refractivity contribution < 1.29 is 13.2 Å². The van der Waals surface area contributed by atoms with Gasteiger partial charge >= 0.3 is 0 Å². The summed E-state index contributed by atoms with van der Waals surface area (Å²) in [5.74, 6) is 0.596. The van der Waals surface area contributed by atoms with Crippen LogP contribution in [0.3, 0.4) is 0 Å². The maximum Gasteiger partial charge on any atom is 0.232 e. The highest BCUT2D eigenvalue weighted by atomic mass is 32.2. The van der Waals surface area contributed by atoms with E-state index < -0.39 is 10.0 Å². The number of sulfonamides is 1. The SMILES string of the molecule is CCS(=O)(=O)Nc1c(C)cc(C)cc1OC. The molecule has 16 heavy (non-hydrogen) atoms. The third kappa shape index (κ3) is 2.88. The zero-order chi connectivity index (χ0) is 12.3. The highest BCUT2D eigenvalue weighted by Gasteiger charge is 2.13. The lowest BCUT2D eigenvalue weighted by Crippen LogP contribution is -2.16. The lowest BCUT2D eigenvalue weighted by Gasteiger charge is -2.14. The number of nitrogens with one attached hydrogen (secondary N) is 1. The first-order valence-corrected chi connectivity index (χ1v) is 6.70. The average molecular weight is 243 g/mol. The zero-order valence-electron chi connectivity index (χ0n) is 9.99. The van der Waals surface area contributed by atoms with Crippen molar-refractivity contribution in [3.05, 3.63) is 23.3 Å². The molecular weight excluding hydrogens is 226 g/mol. The predicted molar refractivity (Wildman–Crippen MR) is 65.6 cm³/mol. The van der Waals surface area contributed by atoms with Gasteiger partial charge < -0.3 is 4.74 Å². The Kier molecular flexibility index (Phi) is 3.80. The van der Waals surface area contributed by atoms with E-state index in [2.05, 4.69) is 4.72 Å². The van der Waals surface area contributed by atoms with Crippen LogP contribution >= 0.6 is 0 Å². The van der Waals surface area contributed by atoms with E-state index in [-0.39, 0.29) is 5.75 Å². The van der Waals surface area contributed by atoms with Crippen molar-refractivity contribution in [1.29, 1.82) is 0 Å². The van der Waals surface area contributed by atoms with Crippen LogP contribution in [0.4, 0.5) is 5.69 Å². The van der Waals surface area contributed by atoms with Crippen molar-refractivity contribution in [2.75, 3.05) is 17.6 Å². The molecule has 0 heterocycles. The molecule has 0 bridgehead atoms. The van der Waals surface area contributed by atoms with Crippen molar-refractivity contribution >= 4 is 15.7 Å². The Labute approximate surface area is 96.7 Å². The van der Waals surface area contributed by atoms with Crippen molar-refractivity contribution in [3.8, 4) is 5.75 Å². The van der Waals surface area contributed by atoms with Crippen LogP contribution in [0.2, 0.25) is 0 Å². The van der Waals surface area contributed by atoms with Gasteiger partial charge in [-0.1, -0.05) is 6.07 Å². The first kappa shape index (κ1) is 12.8. The van der Waals surface area contributed by atoms with Gasteiger partial charge in [-0.2, -0.15) is 0 Å². The third-order valence-electron chi connectivity index (χ3n) is 2.30. The van der Waals surface area contributed by atoms with Gasteiger partial charge in [0, 0.05) is 0 Å². The Morgan fingerprint density at radius 3 is 2.44 bits per heavy atom. The van der Waals surface area contributed by atoms with Crippen LogP contribution in [-0.4, -0.2) is 21.3 Å². The van der Waals surface area contributed by atoms with Gasteiger partial charge in [0.25, 0.3) is 0 Å². The molecular formula is C11H17NO3S. The fraction of sp³-hybridized carbons (Fsp3) is 0.455. The monoisotopic (exact) mass is 243 g/mol. The van der Waals surface area contributed by atoms with Crippen molar-refractivity contribution in [2.45, 2.75) is 20.8 Å². The normalized spacial score (nSPS) is 11.2. The fourth-order valence-electron chi connectivity index (χ4n) is 1.45. The van der Waals surface area contributed by atoms with E-state index in [1.54, 1.807) is 13.0 Å². The summed E-state index contributed by atoms with van der Waals surface area (Å²) in [6.45, 7) is 5.38. The second-order valence-electron chi connectivity index (χ2n) is 3.66. The van der Waals surface area contributed by atoms with Crippen molar-refractivity contribution in [3.63, 3.8) is 0 Å². The van der Waals surface area contributed by atoms with Gasteiger partial charge in [-0.3, -0.25) is 4.72 Å². The molecule has 90 valence electrons. The van der Waals surface area contributed by atoms with Crippen molar-refractivity contribution in [1.82, 2.24) is 0 Å². The maximum absolute atomic E-state index is 11.5. The molecule has 0 aliphatic heterocycles. The van der Waals surface area contributed by atoms with Crippen LogP contribution < -0.4 is 9.46 Å². The molecule has 1 aromatic rings. The van der Waals surface area contributed by atoms with Gasteiger partial charge in [0.05, 0.1) is 18.6 Å². The molecule has 1 N–H and O–H groups in total. The van der Waals surface area contributed by atoms with Crippen molar-refractivity contribution in [2.24, 2.45) is 0 Å². The lowest BCUT2D eigenvalue weighted by atomic mass is 10.1. The molecule has 0 saturated heterocycles. The van der Waals surface area contributed by atoms with Crippen LogP contribution in [0.5, 0.6) is 5.75 Å². The van der Waals surface area contributed by atoms with E-state index in [1.807, 2.05) is 19.9 Å². The smallest absolute Gasteiger partial charge is 0.232 e. The summed E-state index contributed by atoms with van der Waals surface area (Å²) in [4.78, 5) is 0. The molecule has 0 aliphatic carbocycles. The highest BCUT2D eigenvalue weighted by Crippen LogP contribution is 2.30. The van der Waals surface area contributed by atoms with Gasteiger partial charge in [0.15, 0.2) is 0 Å². The van der Waals surface area contributed by atoms with Crippen LogP contribution in [0.1, 0.15) is 18.1 Å². The topological polar surface area (TPSA) is 55.4 Å². The molecule has 0 aromatic heterocycles. The van der Waals surface area contributed by atoms with E-state index in [0.717, 1.165) is 11.1 Å². The number of hydrogen-bond acceptors (Lipinski definition) is 3. The lowest BCUT2D eigenvalue weighted by molar-refractivity contribution is 0.416. The number of hydrogen-bond donors (Lipinski definition) is 1. The van der Waals surface area contributed by atoms with Crippen LogP contribution in [-0.2, 0) is 10.0 Å². The van der Waals surface area contributed by atoms with Crippen LogP contribution in [0.25, 0.3) is 0 Å². The fourth-order valence-corrected chi connectivity index (χ4v) is 2.16. The summed E-state index contributed by atoms with van der Waals surface area (Å²) in [7, 11) is -1.74. The predicted octanol–water partition coefficient (Wildman–Crippen LogP) is 2.07. The van der Waals surface area contributed by atoms with Gasteiger partial charge in [-0.05, 0) is 38.0 Å². The number of methoxy groups -OCH3 is 1. The molecule has 0 fully saturated rings. The number of rotatable bonds is 4. The van der Waals surface area contributed by atoms with E-state index >= 15 is 0 Å². The molecule has 1 aromatic carbocycles. The van der Waals surface area contributed by atoms with Gasteiger partial charge in [-0.25, -0.2) is 8.42 Å². The Balaban J connectivity index is 3.23. The van der Waals surface area contributed by atoms with E-state index in [1.165, 1.54) is 7.11 Å². The quantitative estimate of drug-likeness (QED) is 0.880. The van der Waals surface area contributed by atoms with E-state index in [4.69, 9.17) is 4.74 Å². The Hall–Kier alpha value is -1.23. The maximum atomic E-state index is 11.5. The minimum absolute atomic E-state index is 0.0451. The van der Waals surface area contributed by atoms with E-state index in [0.29, 0.717) is 11.4 Å². The molecule has 0 atom stereocenters. The molecule has 0 saturated carbocycles. The summed E-state index contributed by atoms with van der Waals surface area (Å²) in [6, 6.07) is 3.72. The number of anilines is 1. The summed E-state index contributed by atoms with van der Waals surface area (Å²) in [6.07, 6.45) is 0. The van der Waals surface area contributed by atoms with Gasteiger partial charge in [0.1, 0.15) is 5.75 Å². The second kappa shape index (κ2) is 4.74.